The van der Waals surface area contributed by atoms with Crippen molar-refractivity contribution < 1.29 is 28.9 Å². The number of aromatic nitrogens is 4. The average Bonchev–Trinajstić information content (AvgIpc) is 3.13. The highest BCUT2D eigenvalue weighted by atomic mass is 16.6. The summed E-state index contributed by atoms with van der Waals surface area (Å²) in [5.41, 5.74) is 12.1. The molecule has 1 aliphatic rings. The molecule has 0 saturated carbocycles. The van der Waals surface area contributed by atoms with Crippen molar-refractivity contribution in [1.29, 1.82) is 0 Å². The molecular formula is C15H20N6O6. The molecule has 12 nitrogen and oxygen atoms in total. The van der Waals surface area contributed by atoms with Gasteiger partial charge >= 0.3 is 11.9 Å². The van der Waals surface area contributed by atoms with Crippen LogP contribution < -0.4 is 11.5 Å². The first-order valence-electron chi connectivity index (χ1n) is 8.14. The third-order valence-electron chi connectivity index (χ3n) is 4.20. The lowest BCUT2D eigenvalue weighted by Gasteiger charge is -2.23. The first kappa shape index (κ1) is 18.8. The third-order valence-corrected chi connectivity index (χ3v) is 4.20. The van der Waals surface area contributed by atoms with E-state index in [-0.39, 0.29) is 30.6 Å². The van der Waals surface area contributed by atoms with Crippen molar-refractivity contribution in [3.8, 4) is 0 Å². The standard InChI is InChI=1S/C15H20N6O6/c1-6(23)25-4-8-9(3-22)27-14(11(8)26-7(2)24)21-5-18-10-12(16)19-15(17)20-13(10)21/h5,8-9,11,14,22H,3-4H2,1-2H3,(H4,16,17,19,20)/t8-,9-,11-,14-/m1/s1. The lowest BCUT2D eigenvalue weighted by atomic mass is 9.99. The predicted molar refractivity (Wildman–Crippen MR) is 90.8 cm³/mol. The highest BCUT2D eigenvalue weighted by Gasteiger charge is 2.48. The zero-order chi connectivity index (χ0) is 19.7. The number of esters is 2. The molecule has 2 aromatic rings. The van der Waals surface area contributed by atoms with Crippen molar-refractivity contribution >= 4 is 34.9 Å². The number of nitrogens with two attached hydrogens (primary N) is 2. The van der Waals surface area contributed by atoms with Gasteiger partial charge in [0.15, 0.2) is 23.8 Å². The highest BCUT2D eigenvalue weighted by Crippen LogP contribution is 2.38. The molecule has 1 aliphatic heterocycles. The monoisotopic (exact) mass is 380 g/mol. The Balaban J connectivity index is 2.02. The molecule has 3 rings (SSSR count). The van der Waals surface area contributed by atoms with Crippen molar-refractivity contribution in [1.82, 2.24) is 19.5 Å². The molecule has 12 heteroatoms. The summed E-state index contributed by atoms with van der Waals surface area (Å²) in [5, 5.41) is 9.67. The van der Waals surface area contributed by atoms with Crippen LogP contribution >= 0.6 is 0 Å². The van der Waals surface area contributed by atoms with Crippen LogP contribution in [0, 0.1) is 5.92 Å². The summed E-state index contributed by atoms with van der Waals surface area (Å²) in [7, 11) is 0. The molecule has 5 N–H and O–H groups in total. The first-order valence-corrected chi connectivity index (χ1v) is 8.14. The van der Waals surface area contributed by atoms with E-state index >= 15 is 0 Å². The van der Waals surface area contributed by atoms with E-state index in [0.717, 1.165) is 0 Å². The van der Waals surface area contributed by atoms with Crippen LogP contribution in [0.15, 0.2) is 6.33 Å². The molecule has 0 unspecified atom stereocenters. The summed E-state index contributed by atoms with van der Waals surface area (Å²) in [4.78, 5) is 34.9. The molecule has 3 heterocycles. The van der Waals surface area contributed by atoms with Crippen LogP contribution in [0.3, 0.4) is 0 Å². The summed E-state index contributed by atoms with van der Waals surface area (Å²) >= 11 is 0. The Hall–Kier alpha value is -2.99. The van der Waals surface area contributed by atoms with Crippen molar-refractivity contribution in [2.75, 3.05) is 24.7 Å². The molecule has 0 spiro atoms. The fourth-order valence-corrected chi connectivity index (χ4v) is 3.08. The molecule has 0 radical (unpaired) electrons. The number of fused-ring (bicyclic) bond motifs is 1. The minimum atomic E-state index is -0.884. The number of carbonyl (C=O) groups is 2. The number of aliphatic hydroxyl groups excluding tert-OH is 1. The van der Waals surface area contributed by atoms with E-state index in [0.29, 0.717) is 5.52 Å². The van der Waals surface area contributed by atoms with Crippen LogP contribution in [-0.2, 0) is 23.8 Å². The van der Waals surface area contributed by atoms with Gasteiger partial charge < -0.3 is 30.8 Å². The summed E-state index contributed by atoms with van der Waals surface area (Å²) in [6.07, 6.45) is -1.09. The molecule has 1 saturated heterocycles. The maximum atomic E-state index is 11.6. The fourth-order valence-electron chi connectivity index (χ4n) is 3.08. The molecule has 2 aromatic heterocycles. The molecule has 27 heavy (non-hydrogen) atoms. The van der Waals surface area contributed by atoms with Gasteiger partial charge in [-0.2, -0.15) is 9.97 Å². The highest BCUT2D eigenvalue weighted by molar-refractivity contribution is 5.82. The number of hydrogen-bond donors (Lipinski definition) is 3. The van der Waals surface area contributed by atoms with Gasteiger partial charge in [0.2, 0.25) is 5.95 Å². The minimum absolute atomic E-state index is 0.0565. The number of aliphatic hydroxyl groups is 1. The SMILES string of the molecule is CC(=O)OC[C@H]1[C@@H](OC(C)=O)[C@H](n2cnc3c(N)nc(N)nc32)O[C@@H]1CO. The van der Waals surface area contributed by atoms with E-state index in [4.69, 9.17) is 25.7 Å². The summed E-state index contributed by atoms with van der Waals surface area (Å²) < 4.78 is 17.8. The number of ether oxygens (including phenoxy) is 3. The molecule has 0 amide bonds. The van der Waals surface area contributed by atoms with E-state index in [1.807, 2.05) is 0 Å². The van der Waals surface area contributed by atoms with E-state index in [1.54, 1.807) is 0 Å². The van der Waals surface area contributed by atoms with Crippen molar-refractivity contribution in [3.05, 3.63) is 6.33 Å². The number of rotatable bonds is 5. The molecule has 0 aliphatic carbocycles. The Bertz CT molecular complexity index is 870. The number of imidazole rings is 1. The molecule has 0 bridgehead atoms. The van der Waals surface area contributed by atoms with Crippen molar-refractivity contribution in [2.24, 2.45) is 5.92 Å². The Labute approximate surface area is 153 Å². The van der Waals surface area contributed by atoms with Crippen LogP contribution in [-0.4, -0.2) is 62.0 Å². The van der Waals surface area contributed by atoms with Crippen LogP contribution in [0.25, 0.3) is 11.2 Å². The number of anilines is 2. The predicted octanol–water partition coefficient (Wildman–Crippen LogP) is -1.01. The summed E-state index contributed by atoms with van der Waals surface area (Å²) in [6, 6.07) is 0. The van der Waals surface area contributed by atoms with Gasteiger partial charge in [-0.05, 0) is 0 Å². The summed E-state index contributed by atoms with van der Waals surface area (Å²) in [5.74, 6) is -1.62. The van der Waals surface area contributed by atoms with Crippen LogP contribution in [0.1, 0.15) is 20.1 Å². The van der Waals surface area contributed by atoms with Gasteiger partial charge in [-0.3, -0.25) is 14.2 Å². The Morgan fingerprint density at radius 3 is 2.67 bits per heavy atom. The Morgan fingerprint density at radius 1 is 1.30 bits per heavy atom. The number of carbonyl (C=O) groups excluding carboxylic acids is 2. The minimum Gasteiger partial charge on any atom is -0.465 e. The molecule has 146 valence electrons. The lowest BCUT2D eigenvalue weighted by molar-refractivity contribution is -0.155. The van der Waals surface area contributed by atoms with E-state index in [1.165, 1.54) is 24.7 Å². The van der Waals surface area contributed by atoms with E-state index < -0.39 is 36.3 Å². The normalized spacial score (nSPS) is 24.9. The van der Waals surface area contributed by atoms with Gasteiger partial charge in [-0.15, -0.1) is 0 Å². The van der Waals surface area contributed by atoms with Gasteiger partial charge in [0.05, 0.1) is 25.0 Å². The maximum Gasteiger partial charge on any atom is 0.303 e. The molecule has 4 atom stereocenters. The second-order valence-corrected chi connectivity index (χ2v) is 6.08. The molecule has 0 aromatic carbocycles. The van der Waals surface area contributed by atoms with E-state index in [2.05, 4.69) is 15.0 Å². The second-order valence-electron chi connectivity index (χ2n) is 6.08. The largest absolute Gasteiger partial charge is 0.465 e. The number of nitrogen functional groups attached to an aromatic ring is 2. The number of nitrogens with zero attached hydrogens (tertiary/aromatic N) is 4. The van der Waals surface area contributed by atoms with Crippen LogP contribution in [0.5, 0.6) is 0 Å². The van der Waals surface area contributed by atoms with Gasteiger partial charge in [0.1, 0.15) is 12.1 Å². The van der Waals surface area contributed by atoms with E-state index in [9.17, 15) is 14.7 Å². The van der Waals surface area contributed by atoms with Crippen molar-refractivity contribution in [2.45, 2.75) is 32.3 Å². The fraction of sp³-hybridized carbons (Fsp3) is 0.533. The molecular weight excluding hydrogens is 360 g/mol. The maximum absolute atomic E-state index is 11.6. The first-order chi connectivity index (χ1) is 12.8. The average molecular weight is 380 g/mol. The van der Waals surface area contributed by atoms with Gasteiger partial charge in [-0.25, -0.2) is 4.98 Å². The molecule has 1 fully saturated rings. The van der Waals surface area contributed by atoms with Gasteiger partial charge in [0.25, 0.3) is 0 Å². The number of hydrogen-bond acceptors (Lipinski definition) is 11. The third kappa shape index (κ3) is 3.61. The van der Waals surface area contributed by atoms with Gasteiger partial charge in [-0.1, -0.05) is 0 Å². The lowest BCUT2D eigenvalue weighted by Crippen LogP contribution is -2.35. The van der Waals surface area contributed by atoms with Crippen molar-refractivity contribution in [3.63, 3.8) is 0 Å². The van der Waals surface area contributed by atoms with Crippen LogP contribution in [0.4, 0.5) is 11.8 Å². The van der Waals surface area contributed by atoms with Gasteiger partial charge in [0, 0.05) is 13.8 Å². The summed E-state index contributed by atoms with van der Waals surface area (Å²) in [6.45, 7) is 2.04. The zero-order valence-electron chi connectivity index (χ0n) is 14.7. The van der Waals surface area contributed by atoms with Crippen LogP contribution in [0.2, 0.25) is 0 Å². The Kier molecular flexibility index (Phi) is 5.10. The zero-order valence-corrected chi connectivity index (χ0v) is 14.7. The topological polar surface area (TPSA) is 178 Å². The smallest absolute Gasteiger partial charge is 0.303 e. The Morgan fingerprint density at radius 2 is 2.04 bits per heavy atom. The quantitative estimate of drug-likeness (QED) is 0.541. The second kappa shape index (κ2) is 7.32.